The molecule has 5 rings (SSSR count). The minimum Gasteiger partial charge on any atom is -0.490 e. The van der Waals surface area contributed by atoms with Gasteiger partial charge in [0.2, 0.25) is 0 Å². The molecule has 0 radical (unpaired) electrons. The molecule has 0 bridgehead atoms. The molecular formula is C21H23N5O2S. The van der Waals surface area contributed by atoms with E-state index < -0.39 is 0 Å². The molecule has 0 unspecified atom stereocenters. The fourth-order valence-electron chi connectivity index (χ4n) is 4.09. The second kappa shape index (κ2) is 7.61. The van der Waals surface area contributed by atoms with Crippen LogP contribution in [-0.2, 0) is 0 Å². The monoisotopic (exact) mass is 409 g/mol. The number of anilines is 2. The number of thiazole rings is 1. The molecule has 1 atom stereocenters. The van der Waals surface area contributed by atoms with Gasteiger partial charge in [-0.25, -0.2) is 9.78 Å². The number of hydrogen-bond acceptors (Lipinski definition) is 6. The number of benzene rings is 1. The van der Waals surface area contributed by atoms with Crippen LogP contribution in [0.1, 0.15) is 12.8 Å². The van der Waals surface area contributed by atoms with E-state index in [1.54, 1.807) is 33.5 Å². The van der Waals surface area contributed by atoms with Crippen molar-refractivity contribution in [1.82, 2.24) is 14.9 Å². The van der Waals surface area contributed by atoms with Gasteiger partial charge in [-0.15, -0.1) is 11.3 Å². The van der Waals surface area contributed by atoms with Crippen LogP contribution < -0.4 is 14.5 Å². The molecule has 0 aliphatic carbocycles. The van der Waals surface area contributed by atoms with Crippen molar-refractivity contribution in [3.05, 3.63) is 42.2 Å². The number of likely N-dealkylation sites (tertiary alicyclic amines) is 1. The number of ether oxygens (including phenoxy) is 1. The molecule has 150 valence electrons. The Kier molecular flexibility index (Phi) is 4.81. The quantitative estimate of drug-likeness (QED) is 0.644. The van der Waals surface area contributed by atoms with E-state index in [0.717, 1.165) is 34.6 Å². The summed E-state index contributed by atoms with van der Waals surface area (Å²) in [6.45, 7) is 2.97. The number of fused-ring (bicyclic) bond motifs is 1. The van der Waals surface area contributed by atoms with Crippen LogP contribution in [0.3, 0.4) is 0 Å². The standard InChI is InChI=1S/C21H23N5O2S/c1-24-8-2-3-16(24)13-28-19-6-7-22-12-18(19)26-10-9-25(21(26)27)15-4-5-17-20(11-15)29-14-23-17/h4-7,11-12,14,16H,2-3,8-10,13H2,1H3/t16-/m0/s1. The van der Waals surface area contributed by atoms with Crippen molar-refractivity contribution in [2.75, 3.05) is 43.1 Å². The summed E-state index contributed by atoms with van der Waals surface area (Å²) in [5, 5.41) is 0. The molecule has 2 aliphatic rings. The minimum atomic E-state index is -0.0512. The molecular weight excluding hydrogens is 386 g/mol. The highest BCUT2D eigenvalue weighted by atomic mass is 32.1. The lowest BCUT2D eigenvalue weighted by Crippen LogP contribution is -2.33. The molecule has 0 spiro atoms. The third kappa shape index (κ3) is 3.42. The number of nitrogens with zero attached hydrogens (tertiary/aromatic N) is 5. The number of pyridine rings is 1. The molecule has 1 aromatic carbocycles. The maximum atomic E-state index is 13.2. The fraction of sp³-hybridized carbons (Fsp3) is 0.381. The SMILES string of the molecule is CN1CCC[C@H]1COc1ccncc1N1CCN(c2ccc3ncsc3c2)C1=O. The summed E-state index contributed by atoms with van der Waals surface area (Å²) in [5.41, 5.74) is 4.42. The van der Waals surface area contributed by atoms with Gasteiger partial charge in [0.15, 0.2) is 0 Å². The Labute approximate surface area is 173 Å². The Hall–Kier alpha value is -2.71. The molecule has 0 saturated carbocycles. The van der Waals surface area contributed by atoms with Crippen LogP contribution in [0, 0.1) is 0 Å². The predicted molar refractivity (Wildman–Crippen MR) is 115 cm³/mol. The topological polar surface area (TPSA) is 61.8 Å². The van der Waals surface area contributed by atoms with Gasteiger partial charge in [0.1, 0.15) is 18.0 Å². The lowest BCUT2D eigenvalue weighted by molar-refractivity contribution is 0.198. The second-order valence-electron chi connectivity index (χ2n) is 7.52. The first-order chi connectivity index (χ1) is 14.2. The van der Waals surface area contributed by atoms with Gasteiger partial charge < -0.3 is 9.64 Å². The zero-order valence-corrected chi connectivity index (χ0v) is 17.1. The molecule has 2 aromatic heterocycles. The lowest BCUT2D eigenvalue weighted by atomic mass is 10.2. The number of amides is 2. The van der Waals surface area contributed by atoms with E-state index in [1.165, 1.54) is 6.42 Å². The number of rotatable bonds is 5. The van der Waals surface area contributed by atoms with Crippen LogP contribution in [0.5, 0.6) is 5.75 Å². The summed E-state index contributed by atoms with van der Waals surface area (Å²) >= 11 is 1.58. The molecule has 2 amide bonds. The number of aromatic nitrogens is 2. The van der Waals surface area contributed by atoms with Crippen molar-refractivity contribution < 1.29 is 9.53 Å². The van der Waals surface area contributed by atoms with Gasteiger partial charge in [0.05, 0.1) is 21.9 Å². The van der Waals surface area contributed by atoms with Crippen molar-refractivity contribution in [2.24, 2.45) is 0 Å². The summed E-state index contributed by atoms with van der Waals surface area (Å²) in [4.78, 5) is 27.6. The van der Waals surface area contributed by atoms with E-state index in [4.69, 9.17) is 4.74 Å². The third-order valence-corrected chi connectivity index (χ3v) is 6.58. The van der Waals surface area contributed by atoms with Crippen molar-refractivity contribution >= 4 is 39.0 Å². The summed E-state index contributed by atoms with van der Waals surface area (Å²) < 4.78 is 7.22. The van der Waals surface area contributed by atoms with Crippen LogP contribution in [0.25, 0.3) is 10.2 Å². The van der Waals surface area contributed by atoms with Gasteiger partial charge in [0.25, 0.3) is 0 Å². The Morgan fingerprint density at radius 1 is 1.21 bits per heavy atom. The van der Waals surface area contributed by atoms with Crippen LogP contribution in [-0.4, -0.2) is 60.2 Å². The molecule has 0 N–H and O–H groups in total. The molecule has 7 nitrogen and oxygen atoms in total. The van der Waals surface area contributed by atoms with Gasteiger partial charge >= 0.3 is 6.03 Å². The van der Waals surface area contributed by atoms with Crippen LogP contribution in [0.2, 0.25) is 0 Å². The highest BCUT2D eigenvalue weighted by molar-refractivity contribution is 7.16. The van der Waals surface area contributed by atoms with Crippen molar-refractivity contribution in [3.63, 3.8) is 0 Å². The highest BCUT2D eigenvalue weighted by Crippen LogP contribution is 2.33. The summed E-state index contributed by atoms with van der Waals surface area (Å²) in [7, 11) is 2.14. The lowest BCUT2D eigenvalue weighted by Gasteiger charge is -2.23. The Balaban J connectivity index is 1.35. The summed E-state index contributed by atoms with van der Waals surface area (Å²) in [6, 6.07) is 8.18. The maximum Gasteiger partial charge on any atom is 0.329 e. The molecule has 2 fully saturated rings. The van der Waals surface area contributed by atoms with Gasteiger partial charge in [-0.1, -0.05) is 0 Å². The zero-order chi connectivity index (χ0) is 19.8. The van der Waals surface area contributed by atoms with E-state index in [1.807, 2.05) is 29.8 Å². The van der Waals surface area contributed by atoms with E-state index in [2.05, 4.69) is 21.9 Å². The summed E-state index contributed by atoms with van der Waals surface area (Å²) in [6.07, 6.45) is 5.79. The van der Waals surface area contributed by atoms with Crippen LogP contribution in [0.15, 0.2) is 42.2 Å². The minimum absolute atomic E-state index is 0.0512. The first-order valence-electron chi connectivity index (χ1n) is 9.90. The average Bonchev–Trinajstić information content (AvgIpc) is 3.46. The Morgan fingerprint density at radius 2 is 2.10 bits per heavy atom. The van der Waals surface area contributed by atoms with Crippen molar-refractivity contribution in [3.8, 4) is 5.75 Å². The average molecular weight is 410 g/mol. The van der Waals surface area contributed by atoms with Crippen LogP contribution >= 0.6 is 11.3 Å². The van der Waals surface area contributed by atoms with Gasteiger partial charge in [-0.05, 0) is 44.6 Å². The van der Waals surface area contributed by atoms with Gasteiger partial charge in [0, 0.05) is 37.1 Å². The highest BCUT2D eigenvalue weighted by Gasteiger charge is 2.33. The molecule has 8 heteroatoms. The zero-order valence-electron chi connectivity index (χ0n) is 16.3. The number of likely N-dealkylation sites (N-methyl/N-ethyl adjacent to an activating group) is 1. The Morgan fingerprint density at radius 3 is 2.97 bits per heavy atom. The first kappa shape index (κ1) is 18.3. The first-order valence-corrected chi connectivity index (χ1v) is 10.8. The predicted octanol–water partition coefficient (Wildman–Crippen LogP) is 3.61. The van der Waals surface area contributed by atoms with Crippen molar-refractivity contribution in [2.45, 2.75) is 18.9 Å². The third-order valence-electron chi connectivity index (χ3n) is 5.79. The smallest absolute Gasteiger partial charge is 0.329 e. The van der Waals surface area contributed by atoms with E-state index >= 15 is 0 Å². The molecule has 29 heavy (non-hydrogen) atoms. The van der Waals surface area contributed by atoms with Crippen molar-refractivity contribution in [1.29, 1.82) is 0 Å². The van der Waals surface area contributed by atoms with Gasteiger partial charge in [-0.2, -0.15) is 0 Å². The maximum absolute atomic E-state index is 13.2. The van der Waals surface area contributed by atoms with E-state index in [9.17, 15) is 4.79 Å². The Bertz CT molecular complexity index is 1040. The number of carbonyl (C=O) groups excluding carboxylic acids is 1. The largest absolute Gasteiger partial charge is 0.490 e. The fourth-order valence-corrected chi connectivity index (χ4v) is 4.80. The molecule has 3 aromatic rings. The van der Waals surface area contributed by atoms with E-state index in [0.29, 0.717) is 31.5 Å². The summed E-state index contributed by atoms with van der Waals surface area (Å²) in [5.74, 6) is 0.716. The van der Waals surface area contributed by atoms with E-state index in [-0.39, 0.29) is 6.03 Å². The second-order valence-corrected chi connectivity index (χ2v) is 8.41. The molecule has 2 saturated heterocycles. The molecule has 2 aliphatic heterocycles. The van der Waals surface area contributed by atoms with Gasteiger partial charge in [-0.3, -0.25) is 14.8 Å². The number of carbonyl (C=O) groups is 1. The normalized spacial score (nSPS) is 20.2. The van der Waals surface area contributed by atoms with Crippen LogP contribution in [0.4, 0.5) is 16.2 Å². The molecule has 4 heterocycles. The number of urea groups is 1. The number of hydrogen-bond donors (Lipinski definition) is 0.